The van der Waals surface area contributed by atoms with Gasteiger partial charge in [0.2, 0.25) is 5.91 Å². The third-order valence-electron chi connectivity index (χ3n) is 4.56. The molecular formula is C17H20N6O. The molecule has 3 aromatic rings. The molecule has 2 aromatic heterocycles. The first kappa shape index (κ1) is 14.9. The lowest BCUT2D eigenvalue weighted by Gasteiger charge is -2.31. The summed E-state index contributed by atoms with van der Waals surface area (Å²) < 4.78 is 0. The van der Waals surface area contributed by atoms with E-state index in [0.29, 0.717) is 6.54 Å². The molecule has 24 heavy (non-hydrogen) atoms. The zero-order valence-corrected chi connectivity index (χ0v) is 13.6. The Morgan fingerprint density at radius 3 is 3.00 bits per heavy atom. The number of likely N-dealkylation sites (tertiary alicyclic amines) is 1. The summed E-state index contributed by atoms with van der Waals surface area (Å²) in [6, 6.07) is 6.22. The molecule has 7 nitrogen and oxygen atoms in total. The number of hydrogen-bond acceptors (Lipinski definition) is 4. The van der Waals surface area contributed by atoms with Crippen LogP contribution in [0, 0.1) is 6.92 Å². The lowest BCUT2D eigenvalue weighted by atomic mass is 9.97. The Balaban J connectivity index is 1.50. The quantitative estimate of drug-likeness (QED) is 0.797. The first-order chi connectivity index (χ1) is 11.7. The second kappa shape index (κ2) is 6.07. The smallest absolute Gasteiger partial charge is 0.246 e. The molecule has 1 saturated heterocycles. The van der Waals surface area contributed by atoms with Crippen molar-refractivity contribution in [2.45, 2.75) is 32.2 Å². The number of fused-ring (bicyclic) bond motifs is 1. The summed E-state index contributed by atoms with van der Waals surface area (Å²) in [6.07, 6.45) is 5.20. The molecule has 7 heteroatoms. The van der Waals surface area contributed by atoms with E-state index < -0.39 is 0 Å². The lowest BCUT2D eigenvalue weighted by Crippen LogP contribution is -2.41. The van der Waals surface area contributed by atoms with Gasteiger partial charge < -0.3 is 9.88 Å². The number of H-pyrrole nitrogens is 1. The predicted octanol–water partition coefficient (Wildman–Crippen LogP) is 1.87. The van der Waals surface area contributed by atoms with Crippen LogP contribution in [0.5, 0.6) is 0 Å². The van der Waals surface area contributed by atoms with Crippen molar-refractivity contribution < 1.29 is 4.79 Å². The van der Waals surface area contributed by atoms with Gasteiger partial charge in [0, 0.05) is 19.0 Å². The number of aryl methyl sites for hydroxylation is 1. The van der Waals surface area contributed by atoms with Crippen molar-refractivity contribution in [1.82, 2.24) is 29.9 Å². The molecule has 1 fully saturated rings. The number of carbonyl (C=O) groups excluding carboxylic acids is 1. The van der Waals surface area contributed by atoms with Gasteiger partial charge in [0.05, 0.1) is 23.4 Å². The normalized spacial score (nSPS) is 18.2. The summed E-state index contributed by atoms with van der Waals surface area (Å²) in [4.78, 5) is 23.9. The molecule has 4 rings (SSSR count). The van der Waals surface area contributed by atoms with Crippen LogP contribution in [0.1, 0.15) is 30.1 Å². The Morgan fingerprint density at radius 2 is 2.17 bits per heavy atom. The number of hydrogen-bond donors (Lipinski definition) is 1. The molecular weight excluding hydrogens is 304 g/mol. The molecule has 0 spiro atoms. The van der Waals surface area contributed by atoms with E-state index in [4.69, 9.17) is 4.98 Å². The molecule has 3 heterocycles. The number of piperidine rings is 1. The summed E-state index contributed by atoms with van der Waals surface area (Å²) >= 11 is 0. The van der Waals surface area contributed by atoms with Crippen molar-refractivity contribution in [2.24, 2.45) is 0 Å². The Bertz CT molecular complexity index is 853. The Kier molecular flexibility index (Phi) is 3.76. The number of aromatic amines is 1. The first-order valence-corrected chi connectivity index (χ1v) is 8.27. The van der Waals surface area contributed by atoms with Gasteiger partial charge >= 0.3 is 0 Å². The maximum absolute atomic E-state index is 12.5. The lowest BCUT2D eigenvalue weighted by molar-refractivity contribution is -0.133. The molecule has 1 aliphatic heterocycles. The van der Waals surface area contributed by atoms with E-state index in [1.165, 1.54) is 10.4 Å². The molecule has 0 saturated carbocycles. The highest BCUT2D eigenvalue weighted by molar-refractivity contribution is 5.77. The van der Waals surface area contributed by atoms with Gasteiger partial charge in [-0.05, 0) is 37.5 Å². The number of nitrogens with one attached hydrogen (secondary N) is 1. The Morgan fingerprint density at radius 1 is 1.33 bits per heavy atom. The van der Waals surface area contributed by atoms with Crippen molar-refractivity contribution >= 4 is 16.9 Å². The molecule has 1 aromatic carbocycles. The van der Waals surface area contributed by atoms with Gasteiger partial charge in [-0.1, -0.05) is 6.07 Å². The van der Waals surface area contributed by atoms with E-state index in [1.807, 2.05) is 11.0 Å². The van der Waals surface area contributed by atoms with E-state index >= 15 is 0 Å². The summed E-state index contributed by atoms with van der Waals surface area (Å²) in [6.45, 7) is 3.75. The zero-order chi connectivity index (χ0) is 16.5. The first-order valence-electron chi connectivity index (χ1n) is 8.27. The highest BCUT2D eigenvalue weighted by Crippen LogP contribution is 2.27. The predicted molar refractivity (Wildman–Crippen MR) is 89.4 cm³/mol. The number of aromatic nitrogens is 5. The van der Waals surface area contributed by atoms with E-state index in [9.17, 15) is 4.79 Å². The van der Waals surface area contributed by atoms with Crippen molar-refractivity contribution in [1.29, 1.82) is 0 Å². The molecule has 0 aliphatic carbocycles. The van der Waals surface area contributed by atoms with Crippen LogP contribution in [0.2, 0.25) is 0 Å². The van der Waals surface area contributed by atoms with Gasteiger partial charge in [0.15, 0.2) is 0 Å². The minimum Gasteiger partial charge on any atom is -0.342 e. The molecule has 1 aliphatic rings. The van der Waals surface area contributed by atoms with Crippen molar-refractivity contribution in [3.63, 3.8) is 0 Å². The van der Waals surface area contributed by atoms with Crippen molar-refractivity contribution in [3.8, 4) is 0 Å². The van der Waals surface area contributed by atoms with Crippen LogP contribution in [-0.2, 0) is 11.3 Å². The third kappa shape index (κ3) is 2.89. The summed E-state index contributed by atoms with van der Waals surface area (Å²) in [7, 11) is 0. The van der Waals surface area contributed by atoms with Crippen LogP contribution in [-0.4, -0.2) is 48.9 Å². The van der Waals surface area contributed by atoms with E-state index in [-0.39, 0.29) is 18.4 Å². The largest absolute Gasteiger partial charge is 0.342 e. The van der Waals surface area contributed by atoms with Gasteiger partial charge in [-0.15, -0.1) is 0 Å². The molecule has 1 atom stereocenters. The highest BCUT2D eigenvalue weighted by Gasteiger charge is 2.27. The van der Waals surface area contributed by atoms with E-state index in [0.717, 1.165) is 36.2 Å². The average Bonchev–Trinajstić information content (AvgIpc) is 3.24. The fourth-order valence-electron chi connectivity index (χ4n) is 3.31. The summed E-state index contributed by atoms with van der Waals surface area (Å²) in [5.74, 6) is 1.29. The Labute approximate surface area is 139 Å². The SMILES string of the molecule is Cc1ccc2nc(C3CCCN(C(=O)Cn4nccn4)C3)[nH]c2c1. The Hall–Kier alpha value is -2.70. The summed E-state index contributed by atoms with van der Waals surface area (Å²) in [5.41, 5.74) is 3.26. The van der Waals surface area contributed by atoms with E-state index in [1.54, 1.807) is 12.4 Å². The monoisotopic (exact) mass is 324 g/mol. The fourth-order valence-corrected chi connectivity index (χ4v) is 3.31. The van der Waals surface area contributed by atoms with Gasteiger partial charge in [-0.2, -0.15) is 15.0 Å². The van der Waals surface area contributed by atoms with Gasteiger partial charge in [0.1, 0.15) is 12.4 Å². The van der Waals surface area contributed by atoms with Crippen LogP contribution < -0.4 is 0 Å². The number of rotatable bonds is 3. The second-order valence-electron chi connectivity index (χ2n) is 6.38. The van der Waals surface area contributed by atoms with Crippen LogP contribution in [0.3, 0.4) is 0 Å². The second-order valence-corrected chi connectivity index (χ2v) is 6.38. The van der Waals surface area contributed by atoms with Gasteiger partial charge in [-0.25, -0.2) is 4.98 Å². The minimum absolute atomic E-state index is 0.0582. The number of nitrogens with zero attached hydrogens (tertiary/aromatic N) is 5. The zero-order valence-electron chi connectivity index (χ0n) is 13.6. The minimum atomic E-state index is 0.0582. The third-order valence-corrected chi connectivity index (χ3v) is 4.56. The highest BCUT2D eigenvalue weighted by atomic mass is 16.2. The van der Waals surface area contributed by atoms with Crippen LogP contribution in [0.4, 0.5) is 0 Å². The van der Waals surface area contributed by atoms with E-state index in [2.05, 4.69) is 34.2 Å². The topological polar surface area (TPSA) is 79.7 Å². The van der Waals surface area contributed by atoms with Crippen LogP contribution in [0.15, 0.2) is 30.6 Å². The van der Waals surface area contributed by atoms with Crippen LogP contribution in [0.25, 0.3) is 11.0 Å². The molecule has 1 N–H and O–H groups in total. The van der Waals surface area contributed by atoms with Crippen molar-refractivity contribution in [3.05, 3.63) is 42.0 Å². The standard InChI is InChI=1S/C17H20N6O/c1-12-4-5-14-15(9-12)21-17(20-14)13-3-2-8-22(10-13)16(24)11-23-18-6-7-19-23/h4-7,9,13H,2-3,8,10-11H2,1H3,(H,20,21). The van der Waals surface area contributed by atoms with Crippen LogP contribution >= 0.6 is 0 Å². The molecule has 0 bridgehead atoms. The summed E-state index contributed by atoms with van der Waals surface area (Å²) in [5, 5.41) is 8.01. The maximum Gasteiger partial charge on any atom is 0.246 e. The number of amides is 1. The molecule has 1 unspecified atom stereocenters. The number of benzene rings is 1. The van der Waals surface area contributed by atoms with Gasteiger partial charge in [0.25, 0.3) is 0 Å². The number of carbonyl (C=O) groups is 1. The number of imidazole rings is 1. The average molecular weight is 324 g/mol. The fraction of sp³-hybridized carbons (Fsp3) is 0.412. The van der Waals surface area contributed by atoms with Gasteiger partial charge in [-0.3, -0.25) is 4.79 Å². The molecule has 1 amide bonds. The maximum atomic E-state index is 12.5. The molecule has 0 radical (unpaired) electrons. The van der Waals surface area contributed by atoms with Crippen molar-refractivity contribution in [2.75, 3.05) is 13.1 Å². The molecule has 124 valence electrons.